The number of urea groups is 1. The minimum Gasteiger partial charge on any atom is -0.388 e. The number of carbonyl (C=O) groups is 1. The molecular formula is C11H15N3O. The van der Waals surface area contributed by atoms with Crippen LogP contribution in [0.25, 0.3) is 0 Å². The first-order chi connectivity index (χ1) is 7.20. The Kier molecular flexibility index (Phi) is 2.49. The molecule has 2 amide bonds. The number of nitrogens with one attached hydrogen (secondary N) is 2. The second-order valence-corrected chi connectivity index (χ2v) is 3.76. The molecule has 1 aromatic rings. The molecule has 0 saturated carbocycles. The molecule has 1 heterocycles. The van der Waals surface area contributed by atoms with Crippen molar-refractivity contribution in [2.75, 3.05) is 23.8 Å². The van der Waals surface area contributed by atoms with E-state index in [1.165, 1.54) is 0 Å². The van der Waals surface area contributed by atoms with E-state index in [1.807, 2.05) is 38.2 Å². The van der Waals surface area contributed by atoms with Gasteiger partial charge in [0.1, 0.15) is 0 Å². The highest BCUT2D eigenvalue weighted by atomic mass is 16.2. The summed E-state index contributed by atoms with van der Waals surface area (Å²) in [6, 6.07) is 8.03. The lowest BCUT2D eigenvalue weighted by molar-refractivity contribution is 0.251. The van der Waals surface area contributed by atoms with Crippen molar-refractivity contribution in [3.8, 4) is 0 Å². The zero-order chi connectivity index (χ0) is 10.8. The summed E-state index contributed by atoms with van der Waals surface area (Å²) in [6.45, 7) is 2.73. The van der Waals surface area contributed by atoms with Gasteiger partial charge in [0.05, 0.1) is 0 Å². The van der Waals surface area contributed by atoms with Crippen LogP contribution in [0.4, 0.5) is 16.2 Å². The normalized spacial score (nSPS) is 20.3. The monoisotopic (exact) mass is 205 g/mol. The summed E-state index contributed by atoms with van der Waals surface area (Å²) in [7, 11) is 1.87. The molecule has 80 valence electrons. The van der Waals surface area contributed by atoms with Crippen LogP contribution >= 0.6 is 0 Å². The molecule has 15 heavy (non-hydrogen) atoms. The van der Waals surface area contributed by atoms with Crippen LogP contribution in [-0.4, -0.2) is 25.7 Å². The third kappa shape index (κ3) is 1.88. The van der Waals surface area contributed by atoms with Crippen LogP contribution in [0.15, 0.2) is 24.3 Å². The molecule has 1 aromatic carbocycles. The van der Waals surface area contributed by atoms with Crippen LogP contribution in [0.2, 0.25) is 0 Å². The molecule has 1 unspecified atom stereocenters. The van der Waals surface area contributed by atoms with E-state index in [0.717, 1.165) is 17.9 Å². The largest absolute Gasteiger partial charge is 0.388 e. The first kappa shape index (κ1) is 9.83. The molecule has 1 saturated heterocycles. The van der Waals surface area contributed by atoms with Crippen molar-refractivity contribution in [3.63, 3.8) is 0 Å². The highest BCUT2D eigenvalue weighted by Gasteiger charge is 2.26. The van der Waals surface area contributed by atoms with Crippen LogP contribution in [-0.2, 0) is 0 Å². The van der Waals surface area contributed by atoms with Gasteiger partial charge in [-0.15, -0.1) is 0 Å². The van der Waals surface area contributed by atoms with Gasteiger partial charge in [0.25, 0.3) is 0 Å². The van der Waals surface area contributed by atoms with Crippen LogP contribution < -0.4 is 15.5 Å². The zero-order valence-corrected chi connectivity index (χ0v) is 8.95. The first-order valence-corrected chi connectivity index (χ1v) is 5.06. The zero-order valence-electron chi connectivity index (χ0n) is 8.95. The van der Waals surface area contributed by atoms with E-state index in [0.29, 0.717) is 0 Å². The van der Waals surface area contributed by atoms with Gasteiger partial charge < -0.3 is 10.6 Å². The summed E-state index contributed by atoms with van der Waals surface area (Å²) < 4.78 is 0. The Morgan fingerprint density at radius 2 is 2.33 bits per heavy atom. The predicted octanol–water partition coefficient (Wildman–Crippen LogP) is 1.65. The number of hydrogen-bond acceptors (Lipinski definition) is 2. The molecule has 2 rings (SSSR count). The summed E-state index contributed by atoms with van der Waals surface area (Å²) in [4.78, 5) is 13.3. The Bertz CT molecular complexity index is 378. The Hall–Kier alpha value is -1.71. The van der Waals surface area contributed by atoms with E-state index >= 15 is 0 Å². The Balaban J connectivity index is 2.25. The summed E-state index contributed by atoms with van der Waals surface area (Å²) in [5.41, 5.74) is 1.95. The van der Waals surface area contributed by atoms with Gasteiger partial charge in [-0.25, -0.2) is 4.79 Å². The van der Waals surface area contributed by atoms with Gasteiger partial charge in [-0.05, 0) is 25.1 Å². The van der Waals surface area contributed by atoms with Gasteiger partial charge in [0.15, 0.2) is 0 Å². The number of anilines is 2. The smallest absolute Gasteiger partial charge is 0.322 e. The molecule has 1 aliphatic rings. The lowest BCUT2D eigenvalue weighted by Gasteiger charge is -2.15. The fourth-order valence-corrected chi connectivity index (χ4v) is 1.74. The second kappa shape index (κ2) is 3.81. The van der Waals surface area contributed by atoms with Gasteiger partial charge in [-0.2, -0.15) is 0 Å². The number of carbonyl (C=O) groups excluding carboxylic acids is 1. The van der Waals surface area contributed by atoms with Crippen LogP contribution in [0.3, 0.4) is 0 Å². The fourth-order valence-electron chi connectivity index (χ4n) is 1.74. The number of hydrogen-bond donors (Lipinski definition) is 2. The molecule has 1 aliphatic heterocycles. The second-order valence-electron chi connectivity index (χ2n) is 3.76. The van der Waals surface area contributed by atoms with Gasteiger partial charge in [-0.1, -0.05) is 6.07 Å². The quantitative estimate of drug-likeness (QED) is 0.771. The fraction of sp³-hybridized carbons (Fsp3) is 0.364. The molecule has 0 aromatic heterocycles. The van der Waals surface area contributed by atoms with E-state index in [2.05, 4.69) is 10.6 Å². The van der Waals surface area contributed by atoms with Crippen LogP contribution in [0.5, 0.6) is 0 Å². The van der Waals surface area contributed by atoms with Crippen molar-refractivity contribution in [2.45, 2.75) is 13.0 Å². The molecular weight excluding hydrogens is 190 g/mol. The molecule has 4 nitrogen and oxygen atoms in total. The SMILES string of the molecule is CNc1cccc(N2CC(C)NC2=O)c1. The van der Waals surface area contributed by atoms with E-state index in [4.69, 9.17) is 0 Å². The highest BCUT2D eigenvalue weighted by molar-refractivity contribution is 5.94. The predicted molar refractivity (Wildman–Crippen MR) is 61.3 cm³/mol. The lowest BCUT2D eigenvalue weighted by atomic mass is 10.2. The van der Waals surface area contributed by atoms with Crippen molar-refractivity contribution in [3.05, 3.63) is 24.3 Å². The van der Waals surface area contributed by atoms with E-state index < -0.39 is 0 Å². The molecule has 2 N–H and O–H groups in total. The van der Waals surface area contributed by atoms with E-state index in [1.54, 1.807) is 4.90 Å². The molecule has 0 aliphatic carbocycles. The minimum atomic E-state index is -0.0178. The third-order valence-corrected chi connectivity index (χ3v) is 2.52. The molecule has 0 spiro atoms. The van der Waals surface area contributed by atoms with E-state index in [-0.39, 0.29) is 12.1 Å². The third-order valence-electron chi connectivity index (χ3n) is 2.52. The summed E-state index contributed by atoms with van der Waals surface area (Å²) >= 11 is 0. The summed E-state index contributed by atoms with van der Waals surface area (Å²) in [5.74, 6) is 0. The number of benzene rings is 1. The van der Waals surface area contributed by atoms with Crippen molar-refractivity contribution in [1.29, 1.82) is 0 Å². The average Bonchev–Trinajstić information content (AvgIpc) is 2.58. The topological polar surface area (TPSA) is 44.4 Å². The van der Waals surface area contributed by atoms with Crippen molar-refractivity contribution in [1.82, 2.24) is 5.32 Å². The Morgan fingerprint density at radius 1 is 1.53 bits per heavy atom. The average molecular weight is 205 g/mol. The van der Waals surface area contributed by atoms with E-state index in [9.17, 15) is 4.79 Å². The van der Waals surface area contributed by atoms with Crippen molar-refractivity contribution < 1.29 is 4.79 Å². The van der Waals surface area contributed by atoms with Gasteiger partial charge >= 0.3 is 6.03 Å². The van der Waals surface area contributed by atoms with Gasteiger partial charge in [0.2, 0.25) is 0 Å². The number of nitrogens with zero attached hydrogens (tertiary/aromatic N) is 1. The molecule has 0 radical (unpaired) electrons. The van der Waals surface area contributed by atoms with Crippen LogP contribution in [0, 0.1) is 0 Å². The highest BCUT2D eigenvalue weighted by Crippen LogP contribution is 2.21. The van der Waals surface area contributed by atoms with Crippen LogP contribution in [0.1, 0.15) is 6.92 Å². The molecule has 1 fully saturated rings. The van der Waals surface area contributed by atoms with Gasteiger partial charge in [-0.3, -0.25) is 4.90 Å². The summed E-state index contributed by atoms with van der Waals surface area (Å²) in [5, 5.41) is 5.93. The van der Waals surface area contributed by atoms with Crippen molar-refractivity contribution in [2.24, 2.45) is 0 Å². The standard InChI is InChI=1S/C11H15N3O/c1-8-7-14(11(15)13-8)10-5-3-4-9(6-10)12-2/h3-6,8,12H,7H2,1-2H3,(H,13,15). The Labute approximate surface area is 89.3 Å². The van der Waals surface area contributed by atoms with Gasteiger partial charge in [0, 0.05) is 31.0 Å². The molecule has 4 heteroatoms. The van der Waals surface area contributed by atoms with Crippen molar-refractivity contribution >= 4 is 17.4 Å². The first-order valence-electron chi connectivity index (χ1n) is 5.06. The maximum atomic E-state index is 11.6. The maximum absolute atomic E-state index is 11.6. The maximum Gasteiger partial charge on any atom is 0.322 e. The Morgan fingerprint density at radius 3 is 2.93 bits per heavy atom. The molecule has 0 bridgehead atoms. The number of rotatable bonds is 2. The lowest BCUT2D eigenvalue weighted by Crippen LogP contribution is -2.28. The number of amides is 2. The minimum absolute atomic E-state index is 0.0178. The summed E-state index contributed by atoms with van der Waals surface area (Å²) in [6.07, 6.45) is 0. The molecule has 1 atom stereocenters.